The quantitative estimate of drug-likeness (QED) is 0.392. The van der Waals surface area contributed by atoms with Crippen molar-refractivity contribution >= 4 is 16.0 Å². The third-order valence-electron chi connectivity index (χ3n) is 4.55. The molecule has 1 heterocycles. The van der Waals surface area contributed by atoms with Gasteiger partial charge in [0.25, 0.3) is 0 Å². The molecule has 0 unspecified atom stereocenters. The first kappa shape index (κ1) is 21.3. The van der Waals surface area contributed by atoms with Crippen LogP contribution in [0.4, 0.5) is 0 Å². The maximum Gasteiger partial charge on any atom is 0.240 e. The molecule has 3 N–H and O–H groups in total. The Balaban J connectivity index is 1.55. The average molecular weight is 420 g/mol. The van der Waals surface area contributed by atoms with Crippen LogP contribution in [0.2, 0.25) is 0 Å². The van der Waals surface area contributed by atoms with E-state index in [1.165, 1.54) is 0 Å². The van der Waals surface area contributed by atoms with Gasteiger partial charge < -0.3 is 15.2 Å². The number of benzene rings is 1. The zero-order valence-corrected chi connectivity index (χ0v) is 17.7. The van der Waals surface area contributed by atoms with E-state index in [1.807, 2.05) is 11.5 Å². The SMILES string of the molecule is CCNC(=NCc1ccc(S(=O)(=O)NC2CC2)cc1)NCCn1cnnc1CC. The second-order valence-corrected chi connectivity index (χ2v) is 8.67. The Labute approximate surface area is 172 Å². The van der Waals surface area contributed by atoms with Crippen molar-refractivity contribution in [3.05, 3.63) is 42.0 Å². The summed E-state index contributed by atoms with van der Waals surface area (Å²) < 4.78 is 29.2. The summed E-state index contributed by atoms with van der Waals surface area (Å²) in [5.74, 6) is 1.67. The van der Waals surface area contributed by atoms with Gasteiger partial charge in [0.1, 0.15) is 12.2 Å². The minimum Gasteiger partial charge on any atom is -0.357 e. The monoisotopic (exact) mass is 419 g/mol. The summed E-state index contributed by atoms with van der Waals surface area (Å²) in [6, 6.07) is 6.98. The van der Waals surface area contributed by atoms with E-state index in [4.69, 9.17) is 0 Å². The van der Waals surface area contributed by atoms with Crippen LogP contribution in [-0.2, 0) is 29.5 Å². The van der Waals surface area contributed by atoms with Crippen molar-refractivity contribution in [2.75, 3.05) is 13.1 Å². The van der Waals surface area contributed by atoms with Crippen LogP contribution in [0.15, 0.2) is 40.5 Å². The third kappa shape index (κ3) is 6.26. The van der Waals surface area contributed by atoms with Crippen LogP contribution in [0, 0.1) is 0 Å². The normalized spacial score (nSPS) is 14.8. The minimum atomic E-state index is -3.42. The van der Waals surface area contributed by atoms with Gasteiger partial charge in [0.15, 0.2) is 5.96 Å². The summed E-state index contributed by atoms with van der Waals surface area (Å²) in [6.45, 7) is 6.72. The molecule has 29 heavy (non-hydrogen) atoms. The van der Waals surface area contributed by atoms with Crippen molar-refractivity contribution in [1.82, 2.24) is 30.1 Å². The zero-order valence-electron chi connectivity index (χ0n) is 16.9. The van der Waals surface area contributed by atoms with Crippen molar-refractivity contribution in [3.63, 3.8) is 0 Å². The Bertz CT molecular complexity index is 918. The van der Waals surface area contributed by atoms with Crippen molar-refractivity contribution in [3.8, 4) is 0 Å². The second-order valence-electron chi connectivity index (χ2n) is 6.96. The first-order valence-electron chi connectivity index (χ1n) is 10.0. The molecule has 2 aromatic rings. The Morgan fingerprint density at radius 2 is 1.97 bits per heavy atom. The van der Waals surface area contributed by atoms with E-state index in [0.29, 0.717) is 23.9 Å². The summed E-state index contributed by atoms with van der Waals surface area (Å²) in [4.78, 5) is 4.88. The van der Waals surface area contributed by atoms with Crippen LogP contribution in [0.3, 0.4) is 0 Å². The number of aliphatic imine (C=N–C) groups is 1. The molecule has 0 amide bonds. The molecule has 0 spiro atoms. The van der Waals surface area contributed by atoms with Gasteiger partial charge in [-0.25, -0.2) is 18.1 Å². The predicted octanol–water partition coefficient (Wildman–Crippen LogP) is 1.04. The number of nitrogens with one attached hydrogen (secondary N) is 3. The fraction of sp³-hybridized carbons (Fsp3) is 0.526. The number of nitrogens with zero attached hydrogens (tertiary/aromatic N) is 4. The molecule has 1 saturated carbocycles. The van der Waals surface area contributed by atoms with Gasteiger partial charge in [0.2, 0.25) is 10.0 Å². The van der Waals surface area contributed by atoms with Crippen molar-refractivity contribution in [1.29, 1.82) is 0 Å². The molecular formula is C19H29N7O2S. The molecular weight excluding hydrogens is 390 g/mol. The van der Waals surface area contributed by atoms with Gasteiger partial charge in [-0.2, -0.15) is 0 Å². The Hall–Kier alpha value is -2.46. The molecule has 1 aliphatic rings. The molecule has 1 aliphatic carbocycles. The Kier molecular flexibility index (Phi) is 7.21. The molecule has 0 aliphatic heterocycles. The fourth-order valence-electron chi connectivity index (χ4n) is 2.81. The van der Waals surface area contributed by atoms with Crippen LogP contribution < -0.4 is 15.4 Å². The van der Waals surface area contributed by atoms with Crippen molar-refractivity contribution in [2.45, 2.75) is 57.1 Å². The molecule has 0 radical (unpaired) electrons. The smallest absolute Gasteiger partial charge is 0.240 e. The molecule has 3 rings (SSSR count). The van der Waals surface area contributed by atoms with E-state index >= 15 is 0 Å². The summed E-state index contributed by atoms with van der Waals surface area (Å²) in [5.41, 5.74) is 0.944. The largest absolute Gasteiger partial charge is 0.357 e. The molecule has 10 heteroatoms. The molecule has 158 valence electrons. The van der Waals surface area contributed by atoms with Crippen molar-refractivity contribution < 1.29 is 8.42 Å². The van der Waals surface area contributed by atoms with Gasteiger partial charge in [0.05, 0.1) is 11.4 Å². The molecule has 1 aromatic carbocycles. The Morgan fingerprint density at radius 3 is 2.62 bits per heavy atom. The topological polar surface area (TPSA) is 113 Å². The lowest BCUT2D eigenvalue weighted by Crippen LogP contribution is -2.38. The first-order valence-corrected chi connectivity index (χ1v) is 11.5. The number of hydrogen-bond donors (Lipinski definition) is 3. The van der Waals surface area contributed by atoms with Gasteiger partial charge in [-0.15, -0.1) is 10.2 Å². The number of hydrogen-bond acceptors (Lipinski definition) is 5. The highest BCUT2D eigenvalue weighted by Crippen LogP contribution is 2.22. The second kappa shape index (κ2) is 9.84. The Morgan fingerprint density at radius 1 is 1.21 bits per heavy atom. The highest BCUT2D eigenvalue weighted by molar-refractivity contribution is 7.89. The van der Waals surface area contributed by atoms with Gasteiger partial charge in [-0.05, 0) is 37.5 Å². The lowest BCUT2D eigenvalue weighted by Gasteiger charge is -2.12. The van der Waals surface area contributed by atoms with Crippen molar-refractivity contribution in [2.24, 2.45) is 4.99 Å². The van der Waals surface area contributed by atoms with Gasteiger partial charge in [-0.1, -0.05) is 19.1 Å². The van der Waals surface area contributed by atoms with Gasteiger partial charge in [0, 0.05) is 32.1 Å². The first-order chi connectivity index (χ1) is 14.0. The van der Waals surface area contributed by atoms with E-state index in [-0.39, 0.29) is 6.04 Å². The van der Waals surface area contributed by atoms with Crippen LogP contribution in [0.25, 0.3) is 0 Å². The van der Waals surface area contributed by atoms with E-state index in [0.717, 1.165) is 43.7 Å². The summed E-state index contributed by atoms with van der Waals surface area (Å²) in [6.07, 6.45) is 4.42. The molecule has 0 bridgehead atoms. The van der Waals surface area contributed by atoms with Crippen LogP contribution in [0.1, 0.15) is 38.1 Å². The maximum atomic E-state index is 12.2. The van der Waals surface area contributed by atoms with E-state index in [1.54, 1.807) is 30.6 Å². The van der Waals surface area contributed by atoms with E-state index in [2.05, 4.69) is 37.5 Å². The van der Waals surface area contributed by atoms with E-state index in [9.17, 15) is 8.42 Å². The highest BCUT2D eigenvalue weighted by Gasteiger charge is 2.27. The minimum absolute atomic E-state index is 0.101. The number of rotatable bonds is 10. The molecule has 0 saturated heterocycles. The van der Waals surface area contributed by atoms with Gasteiger partial charge >= 0.3 is 0 Å². The number of sulfonamides is 1. The number of aryl methyl sites for hydroxylation is 1. The molecule has 0 atom stereocenters. The lowest BCUT2D eigenvalue weighted by molar-refractivity contribution is 0.581. The summed E-state index contributed by atoms with van der Waals surface area (Å²) in [7, 11) is -3.42. The lowest BCUT2D eigenvalue weighted by atomic mass is 10.2. The maximum absolute atomic E-state index is 12.2. The number of aromatic nitrogens is 3. The molecule has 1 aromatic heterocycles. The molecule has 9 nitrogen and oxygen atoms in total. The predicted molar refractivity (Wildman–Crippen MR) is 112 cm³/mol. The van der Waals surface area contributed by atoms with Crippen LogP contribution in [-0.4, -0.2) is 48.3 Å². The fourth-order valence-corrected chi connectivity index (χ4v) is 4.11. The summed E-state index contributed by atoms with van der Waals surface area (Å²) in [5, 5.41) is 14.5. The van der Waals surface area contributed by atoms with Gasteiger partial charge in [-0.3, -0.25) is 0 Å². The summed E-state index contributed by atoms with van der Waals surface area (Å²) >= 11 is 0. The van der Waals surface area contributed by atoms with Crippen LogP contribution in [0.5, 0.6) is 0 Å². The molecule has 1 fully saturated rings. The zero-order chi connectivity index (χ0) is 20.7. The van der Waals surface area contributed by atoms with Crippen LogP contribution >= 0.6 is 0 Å². The number of guanidine groups is 1. The average Bonchev–Trinajstić information content (AvgIpc) is 3.39. The standard InChI is InChI=1S/C19H29N7O2S/c1-3-18-24-23-14-26(18)12-11-21-19(20-4-2)22-13-15-5-9-17(10-6-15)29(27,28)25-16-7-8-16/h5-6,9-10,14,16,25H,3-4,7-8,11-13H2,1-2H3,(H2,20,21,22). The van der Waals surface area contributed by atoms with E-state index < -0.39 is 10.0 Å². The third-order valence-corrected chi connectivity index (χ3v) is 6.09. The highest BCUT2D eigenvalue weighted by atomic mass is 32.2.